The molecular formula is C56H91N3O18. The van der Waals surface area contributed by atoms with Gasteiger partial charge in [0.25, 0.3) is 0 Å². The average molecular weight is 1090 g/mol. The maximum Gasteiger partial charge on any atom is 0.410 e. The Kier molecular flexibility index (Phi) is 33.9. The second kappa shape index (κ2) is 38.1. The van der Waals surface area contributed by atoms with E-state index in [9.17, 15) is 70.6 Å². The third-order valence-electron chi connectivity index (χ3n) is 13.4. The summed E-state index contributed by atoms with van der Waals surface area (Å²) in [5.74, 6) is -4.01. The molecule has 2 aliphatic rings. The summed E-state index contributed by atoms with van der Waals surface area (Å²) in [7, 11) is 0. The monoisotopic (exact) mass is 1090 g/mol. The standard InChI is InChI=1S/C56H91N3O18/c1-6-31-74-55(71)59(43(36-60)37-61)30-29-57-54(70)58-42-21-23-47(77-52-26-25-48(65)41(5)76-52)20-18-16-14-12-10-8-7-9-11-13-15-17-19-38(2)53(69)39(3)40(4)75-51(68)34-45(63)32-44(62)22-24-49(66)50(67)33-46(64)35-56(72,73)28-27-42/h6-20,38-50,52-53,60-67,69,72-73H,1,21-37H2,2-5H3,(H2,57,58,70)/b8-7+,11-9+,12-10+,15-13+,16-14+,19-17+,20-18+/t38-,39-,40-,41+,42-,44+,45+,46-,47-,48-,49+,50+,52-,53+/m0/s1. The summed E-state index contributed by atoms with van der Waals surface area (Å²) in [6, 6.07) is -2.49. The van der Waals surface area contributed by atoms with Crippen LogP contribution in [0.1, 0.15) is 105 Å². The molecule has 0 spiro atoms. The quantitative estimate of drug-likeness (QED) is 0.0804. The number of nitrogens with one attached hydrogen (secondary N) is 2. The average Bonchev–Trinajstić information content (AvgIpc) is 3.37. The third kappa shape index (κ3) is 29.3. The van der Waals surface area contributed by atoms with Gasteiger partial charge in [-0.25, -0.2) is 9.59 Å². The minimum absolute atomic E-state index is 0.0578. The van der Waals surface area contributed by atoms with Crippen molar-refractivity contribution in [3.8, 4) is 0 Å². The van der Waals surface area contributed by atoms with Crippen molar-refractivity contribution in [2.24, 2.45) is 11.8 Å². The Labute approximate surface area is 454 Å². The first-order chi connectivity index (χ1) is 36.6. The Morgan fingerprint density at radius 3 is 1.94 bits per heavy atom. The molecule has 0 radical (unpaired) electrons. The molecule has 0 aromatic heterocycles. The maximum atomic E-state index is 13.4. The number of aliphatic hydroxyl groups excluding tert-OH is 9. The van der Waals surface area contributed by atoms with Crippen LogP contribution in [-0.4, -0.2) is 197 Å². The Morgan fingerprint density at radius 2 is 1.34 bits per heavy atom. The lowest BCUT2D eigenvalue weighted by molar-refractivity contribution is -0.228. The number of ether oxygens (including phenoxy) is 4. The van der Waals surface area contributed by atoms with Crippen molar-refractivity contribution in [2.45, 2.75) is 190 Å². The van der Waals surface area contributed by atoms with Gasteiger partial charge in [0, 0.05) is 56.7 Å². The zero-order chi connectivity index (χ0) is 57.3. The Balaban J connectivity index is 2.37. The van der Waals surface area contributed by atoms with Crippen LogP contribution in [0.25, 0.3) is 0 Å². The fourth-order valence-corrected chi connectivity index (χ4v) is 8.49. The molecule has 13 N–H and O–H groups in total. The number of rotatable bonds is 11. The number of nitrogens with zero attached hydrogens (tertiary/aromatic N) is 1. The van der Waals surface area contributed by atoms with E-state index in [1.807, 2.05) is 73.8 Å². The first kappa shape index (κ1) is 68.5. The number of hydrogen-bond acceptors (Lipinski definition) is 18. The molecule has 21 nitrogen and oxygen atoms in total. The van der Waals surface area contributed by atoms with Crippen molar-refractivity contribution in [1.82, 2.24) is 15.5 Å². The van der Waals surface area contributed by atoms with Gasteiger partial charge in [-0.15, -0.1) is 0 Å². The van der Waals surface area contributed by atoms with E-state index in [1.165, 1.54) is 6.08 Å². The highest BCUT2D eigenvalue weighted by Gasteiger charge is 2.33. The lowest BCUT2D eigenvalue weighted by atomic mass is 9.89. The summed E-state index contributed by atoms with van der Waals surface area (Å²) < 4.78 is 22.9. The normalized spacial score (nSPS) is 34.5. The van der Waals surface area contributed by atoms with Crippen LogP contribution in [-0.2, 0) is 23.7 Å². The van der Waals surface area contributed by atoms with Gasteiger partial charge in [0.15, 0.2) is 12.1 Å². The molecule has 2 aliphatic heterocycles. The number of allylic oxidation sites excluding steroid dienone is 12. The fourth-order valence-electron chi connectivity index (χ4n) is 8.49. The van der Waals surface area contributed by atoms with Crippen LogP contribution in [0.2, 0.25) is 0 Å². The summed E-state index contributed by atoms with van der Waals surface area (Å²) in [6.45, 7) is 8.86. The van der Waals surface area contributed by atoms with Crippen LogP contribution in [0.3, 0.4) is 0 Å². The number of esters is 1. The van der Waals surface area contributed by atoms with Crippen LogP contribution >= 0.6 is 0 Å². The highest BCUT2D eigenvalue weighted by molar-refractivity contribution is 5.74. The molecule has 3 amide bonds. The van der Waals surface area contributed by atoms with E-state index in [4.69, 9.17) is 18.9 Å². The van der Waals surface area contributed by atoms with Gasteiger partial charge in [-0.05, 0) is 58.8 Å². The first-order valence-electron chi connectivity index (χ1n) is 26.8. The van der Waals surface area contributed by atoms with Gasteiger partial charge in [0.1, 0.15) is 12.7 Å². The summed E-state index contributed by atoms with van der Waals surface area (Å²) in [5.41, 5.74) is 0. The first-order valence-corrected chi connectivity index (χ1v) is 26.8. The van der Waals surface area contributed by atoms with Gasteiger partial charge >= 0.3 is 18.1 Å². The summed E-state index contributed by atoms with van der Waals surface area (Å²) in [5, 5.41) is 122. The van der Waals surface area contributed by atoms with Crippen LogP contribution in [0, 0.1) is 11.8 Å². The summed E-state index contributed by atoms with van der Waals surface area (Å²) >= 11 is 0. The SMILES string of the molecule is C=CCOC(=O)N(CCNC(=O)N[C@H]1CC[C@@H](O[C@H]2CC[C@H](O)[C@@H](C)O2)/C=C/C=C/C=C/C=C/C=C/C=C/C=C/[C@H](C)[C@@H](O)[C@@H](C)[C@H](C)OC(=O)C[C@H](O)C[C@H](O)CC[C@@H](O)[C@H](O)C[C@H](O)CC(O)(O)CC1)C(CO)CO. The van der Waals surface area contributed by atoms with Gasteiger partial charge in [-0.2, -0.15) is 0 Å². The van der Waals surface area contributed by atoms with E-state index in [0.717, 1.165) is 4.90 Å². The fraction of sp³-hybridized carbons (Fsp3) is 0.661. The molecule has 0 aliphatic carbocycles. The second-order valence-corrected chi connectivity index (χ2v) is 20.0. The maximum absolute atomic E-state index is 13.4. The molecule has 14 atom stereocenters. The minimum atomic E-state index is -2.53. The molecule has 21 heteroatoms. The topological polar surface area (TPSA) is 338 Å². The van der Waals surface area contributed by atoms with Gasteiger partial charge in [-0.1, -0.05) is 112 Å². The number of carbonyl (C=O) groups is 3. The lowest BCUT2D eigenvalue weighted by Gasteiger charge is -2.33. The number of cyclic esters (lactones) is 1. The predicted molar refractivity (Wildman–Crippen MR) is 288 cm³/mol. The van der Waals surface area contributed by atoms with Crippen molar-refractivity contribution < 1.29 is 89.5 Å². The van der Waals surface area contributed by atoms with Crippen LogP contribution in [0.5, 0.6) is 0 Å². The Morgan fingerprint density at radius 1 is 0.740 bits per heavy atom. The van der Waals surface area contributed by atoms with E-state index >= 15 is 0 Å². The Hall–Kier alpha value is -4.59. The molecule has 0 aromatic rings. The minimum Gasteiger partial charge on any atom is -0.462 e. The smallest absolute Gasteiger partial charge is 0.410 e. The number of hydrogen-bond donors (Lipinski definition) is 13. The molecule has 438 valence electrons. The molecule has 1 fully saturated rings. The summed E-state index contributed by atoms with van der Waals surface area (Å²) in [4.78, 5) is 39.8. The lowest BCUT2D eigenvalue weighted by Crippen LogP contribution is -2.50. The number of urea groups is 1. The molecule has 1 saturated heterocycles. The highest BCUT2D eigenvalue weighted by atomic mass is 16.7. The van der Waals surface area contributed by atoms with Gasteiger partial charge in [-0.3, -0.25) is 9.69 Å². The zero-order valence-corrected chi connectivity index (χ0v) is 45.3. The van der Waals surface area contributed by atoms with E-state index in [-0.39, 0.29) is 70.6 Å². The third-order valence-corrected chi connectivity index (χ3v) is 13.4. The van der Waals surface area contributed by atoms with Gasteiger partial charge in [0.2, 0.25) is 0 Å². The molecule has 0 bridgehead atoms. The van der Waals surface area contributed by atoms with Crippen molar-refractivity contribution >= 4 is 18.1 Å². The zero-order valence-electron chi connectivity index (χ0n) is 45.3. The molecule has 0 aromatic carbocycles. The second-order valence-electron chi connectivity index (χ2n) is 20.0. The highest BCUT2D eigenvalue weighted by Crippen LogP contribution is 2.26. The van der Waals surface area contributed by atoms with Crippen LogP contribution in [0.4, 0.5) is 9.59 Å². The molecule has 77 heavy (non-hydrogen) atoms. The van der Waals surface area contributed by atoms with Crippen molar-refractivity contribution in [1.29, 1.82) is 0 Å². The van der Waals surface area contributed by atoms with E-state index in [2.05, 4.69) is 17.2 Å². The van der Waals surface area contributed by atoms with E-state index < -0.39 is 142 Å². The molecule has 0 saturated carbocycles. The van der Waals surface area contributed by atoms with Crippen molar-refractivity contribution in [3.05, 3.63) is 97.7 Å². The van der Waals surface area contributed by atoms with Crippen molar-refractivity contribution in [3.63, 3.8) is 0 Å². The van der Waals surface area contributed by atoms with Gasteiger partial charge in [0.05, 0.1) is 80.6 Å². The number of amides is 3. The van der Waals surface area contributed by atoms with Crippen LogP contribution < -0.4 is 10.6 Å². The molecular weight excluding hydrogens is 1000 g/mol. The predicted octanol–water partition coefficient (Wildman–Crippen LogP) is 2.76. The number of aliphatic hydroxyl groups is 11. The molecule has 2 rings (SSSR count). The van der Waals surface area contributed by atoms with Crippen LogP contribution in [0.15, 0.2) is 97.7 Å². The van der Waals surface area contributed by atoms with E-state index in [1.54, 1.807) is 39.0 Å². The summed E-state index contributed by atoms with van der Waals surface area (Å²) in [6.07, 6.45) is 13.8. The molecule has 2 heterocycles. The molecule has 0 unspecified atom stereocenters. The largest absolute Gasteiger partial charge is 0.462 e. The van der Waals surface area contributed by atoms with Gasteiger partial charge < -0.3 is 85.8 Å². The van der Waals surface area contributed by atoms with E-state index in [0.29, 0.717) is 12.8 Å². The van der Waals surface area contributed by atoms with Crippen molar-refractivity contribution in [2.75, 3.05) is 32.9 Å². The Bertz CT molecular complexity index is 1900. The number of carbonyl (C=O) groups excluding carboxylic acids is 3.